The Morgan fingerprint density at radius 1 is 1.10 bits per heavy atom. The number of hydrogen-bond donors (Lipinski definition) is 2. The predicted octanol–water partition coefficient (Wildman–Crippen LogP) is 1.83. The highest BCUT2D eigenvalue weighted by Crippen LogP contribution is 2.34. The number of carbonyl (C=O) groups is 2. The van der Waals surface area contributed by atoms with Gasteiger partial charge in [0.25, 0.3) is 11.8 Å². The summed E-state index contributed by atoms with van der Waals surface area (Å²) in [5, 5.41) is 2.28. The van der Waals surface area contributed by atoms with Crippen LogP contribution in [0.3, 0.4) is 0 Å². The topological polar surface area (TPSA) is 63.1 Å². The van der Waals surface area contributed by atoms with Gasteiger partial charge in [-0.2, -0.15) is 13.2 Å². The lowest BCUT2D eigenvalue weighted by atomic mass is 10.1. The number of methoxy groups -OCH3 is 1. The van der Waals surface area contributed by atoms with Crippen molar-refractivity contribution in [3.05, 3.63) is 59.7 Å². The van der Waals surface area contributed by atoms with Gasteiger partial charge in [0.2, 0.25) is 0 Å². The third-order valence-corrected chi connectivity index (χ3v) is 4.40. The number of likely N-dealkylation sites (N-methyl/N-ethyl adjacent to an activating group) is 2. The number of ether oxygens (including phenoxy) is 1. The number of quaternary nitrogens is 1. The minimum Gasteiger partial charge on any atom is -0.497 e. The highest BCUT2D eigenvalue weighted by atomic mass is 19.4. The van der Waals surface area contributed by atoms with Crippen LogP contribution in [0.25, 0.3) is 0 Å². The maximum Gasteiger partial charge on any atom is 0.418 e. The zero-order valence-electron chi connectivity index (χ0n) is 17.0. The summed E-state index contributed by atoms with van der Waals surface area (Å²) in [6.07, 6.45) is -4.57. The maximum absolute atomic E-state index is 13.0. The van der Waals surface area contributed by atoms with Gasteiger partial charge in [-0.1, -0.05) is 24.3 Å². The van der Waals surface area contributed by atoms with Gasteiger partial charge in [-0.15, -0.1) is 0 Å². The van der Waals surface area contributed by atoms with E-state index in [0.717, 1.165) is 11.6 Å². The molecule has 6 nitrogen and oxygen atoms in total. The normalized spacial score (nSPS) is 12.2. The molecule has 1 unspecified atom stereocenters. The van der Waals surface area contributed by atoms with Gasteiger partial charge in [0.1, 0.15) is 5.75 Å². The van der Waals surface area contributed by atoms with E-state index in [-0.39, 0.29) is 24.7 Å². The van der Waals surface area contributed by atoms with E-state index in [1.54, 1.807) is 27.3 Å². The Kier molecular flexibility index (Phi) is 7.82. The van der Waals surface area contributed by atoms with Crippen LogP contribution in [0.2, 0.25) is 0 Å². The van der Waals surface area contributed by atoms with E-state index in [0.29, 0.717) is 17.2 Å². The van der Waals surface area contributed by atoms with Crippen molar-refractivity contribution in [1.82, 2.24) is 4.90 Å². The third-order valence-electron chi connectivity index (χ3n) is 4.40. The molecule has 0 aliphatic rings. The Hall–Kier alpha value is -3.07. The lowest BCUT2D eigenvalue weighted by Crippen LogP contribution is -3.11. The van der Waals surface area contributed by atoms with Crippen molar-refractivity contribution in [1.29, 1.82) is 0 Å². The molecule has 2 aromatic rings. The summed E-state index contributed by atoms with van der Waals surface area (Å²) in [4.78, 5) is 26.7. The van der Waals surface area contributed by atoms with E-state index in [2.05, 4.69) is 5.32 Å². The van der Waals surface area contributed by atoms with E-state index >= 15 is 0 Å². The molecular weight excluding hydrogens is 399 g/mol. The number of amides is 2. The summed E-state index contributed by atoms with van der Waals surface area (Å²) in [5.74, 6) is -0.113. The first-order valence-electron chi connectivity index (χ1n) is 9.24. The number of para-hydroxylation sites is 1. The van der Waals surface area contributed by atoms with Crippen molar-refractivity contribution in [3.63, 3.8) is 0 Å². The summed E-state index contributed by atoms with van der Waals surface area (Å²) in [7, 11) is 4.84. The number of anilines is 1. The second-order valence-electron chi connectivity index (χ2n) is 7.00. The smallest absolute Gasteiger partial charge is 0.418 e. The maximum atomic E-state index is 13.0. The van der Waals surface area contributed by atoms with Crippen LogP contribution in [0.4, 0.5) is 18.9 Å². The minimum absolute atomic E-state index is 0.0226. The Morgan fingerprint density at radius 3 is 2.47 bits per heavy atom. The molecule has 2 N–H and O–H groups in total. The van der Waals surface area contributed by atoms with Crippen molar-refractivity contribution in [2.45, 2.75) is 12.7 Å². The van der Waals surface area contributed by atoms with Gasteiger partial charge in [0.05, 0.1) is 25.4 Å². The quantitative estimate of drug-likeness (QED) is 0.680. The molecule has 0 aliphatic heterocycles. The molecule has 0 fully saturated rings. The van der Waals surface area contributed by atoms with Crippen LogP contribution in [-0.2, 0) is 22.3 Å². The number of nitrogens with one attached hydrogen (secondary N) is 2. The van der Waals surface area contributed by atoms with Crippen molar-refractivity contribution in [2.24, 2.45) is 0 Å². The molecule has 162 valence electrons. The second kappa shape index (κ2) is 10.1. The summed E-state index contributed by atoms with van der Waals surface area (Å²) in [6, 6.07) is 12.1. The molecule has 9 heteroatoms. The van der Waals surface area contributed by atoms with E-state index in [1.807, 2.05) is 18.2 Å². The van der Waals surface area contributed by atoms with E-state index in [4.69, 9.17) is 4.74 Å². The van der Waals surface area contributed by atoms with E-state index < -0.39 is 17.6 Å². The van der Waals surface area contributed by atoms with Crippen LogP contribution in [0.5, 0.6) is 5.75 Å². The molecule has 0 aliphatic carbocycles. The van der Waals surface area contributed by atoms with Crippen molar-refractivity contribution >= 4 is 17.5 Å². The monoisotopic (exact) mass is 424 g/mol. The zero-order chi connectivity index (χ0) is 22.3. The highest BCUT2D eigenvalue weighted by molar-refractivity contribution is 5.92. The fraction of sp³-hybridized carbons (Fsp3) is 0.333. The summed E-state index contributed by atoms with van der Waals surface area (Å²) in [6.45, 7) is 0.244. The van der Waals surface area contributed by atoms with Crippen LogP contribution in [0, 0.1) is 0 Å². The first-order valence-corrected chi connectivity index (χ1v) is 9.24. The summed E-state index contributed by atoms with van der Waals surface area (Å²) in [5.41, 5.74) is -0.321. The Labute approximate surface area is 173 Å². The number of benzene rings is 2. The lowest BCUT2D eigenvalue weighted by Gasteiger charge is -2.20. The molecule has 2 amide bonds. The van der Waals surface area contributed by atoms with Crippen molar-refractivity contribution in [3.8, 4) is 5.75 Å². The Bertz CT molecular complexity index is 887. The largest absolute Gasteiger partial charge is 0.497 e. The second-order valence-corrected chi connectivity index (χ2v) is 7.00. The molecule has 0 spiro atoms. The van der Waals surface area contributed by atoms with Gasteiger partial charge in [-0.25, -0.2) is 0 Å². The molecule has 2 aromatic carbocycles. The molecule has 0 aromatic heterocycles. The predicted molar refractivity (Wildman–Crippen MR) is 106 cm³/mol. The van der Waals surface area contributed by atoms with E-state index in [1.165, 1.54) is 23.1 Å². The van der Waals surface area contributed by atoms with Crippen LogP contribution < -0.4 is 15.0 Å². The Balaban J connectivity index is 1.89. The minimum atomic E-state index is -4.57. The Morgan fingerprint density at radius 2 is 1.80 bits per heavy atom. The van der Waals surface area contributed by atoms with Crippen LogP contribution in [-0.4, -0.2) is 51.0 Å². The van der Waals surface area contributed by atoms with Crippen molar-refractivity contribution < 1.29 is 32.4 Å². The van der Waals surface area contributed by atoms with Gasteiger partial charge in [0.15, 0.2) is 13.1 Å². The summed E-state index contributed by atoms with van der Waals surface area (Å²) >= 11 is 0. The standard InChI is InChI=1S/C21H24F3N3O3/c1-26(13-19(28)25-18-10-5-4-9-17(18)21(22,23)24)14-20(29)27(2)12-15-7-6-8-16(11-15)30-3/h4-11H,12-14H2,1-3H3,(H,25,28)/p+1. The zero-order valence-corrected chi connectivity index (χ0v) is 17.0. The molecule has 2 rings (SSSR count). The summed E-state index contributed by atoms with van der Waals surface area (Å²) < 4.78 is 44.3. The fourth-order valence-electron chi connectivity index (χ4n) is 2.90. The molecule has 30 heavy (non-hydrogen) atoms. The van der Waals surface area contributed by atoms with Crippen LogP contribution in [0.1, 0.15) is 11.1 Å². The highest BCUT2D eigenvalue weighted by Gasteiger charge is 2.33. The average molecular weight is 424 g/mol. The lowest BCUT2D eigenvalue weighted by molar-refractivity contribution is -0.862. The third kappa shape index (κ3) is 6.77. The van der Waals surface area contributed by atoms with Gasteiger partial charge in [0, 0.05) is 13.6 Å². The van der Waals surface area contributed by atoms with E-state index in [9.17, 15) is 22.8 Å². The molecule has 1 atom stereocenters. The van der Waals surface area contributed by atoms with Crippen molar-refractivity contribution in [2.75, 3.05) is 39.6 Å². The molecule has 0 heterocycles. The number of halogens is 3. The average Bonchev–Trinajstić information content (AvgIpc) is 2.67. The van der Waals surface area contributed by atoms with Gasteiger partial charge in [-0.3, -0.25) is 9.59 Å². The SMILES string of the molecule is COc1cccc(CN(C)C(=O)C[NH+](C)CC(=O)Nc2ccccc2C(F)(F)F)c1. The van der Waals surface area contributed by atoms with Gasteiger partial charge >= 0.3 is 6.18 Å². The molecule has 0 saturated heterocycles. The number of carbonyl (C=O) groups excluding carboxylic acids is 2. The van der Waals surface area contributed by atoms with Gasteiger partial charge in [-0.05, 0) is 29.8 Å². The molecule has 0 bridgehead atoms. The van der Waals surface area contributed by atoms with Gasteiger partial charge < -0.3 is 19.9 Å². The first kappa shape index (κ1) is 23.2. The molecule has 0 saturated carbocycles. The van der Waals surface area contributed by atoms with Crippen LogP contribution >= 0.6 is 0 Å². The number of alkyl halides is 3. The number of hydrogen-bond acceptors (Lipinski definition) is 3. The van der Waals surface area contributed by atoms with Crippen LogP contribution in [0.15, 0.2) is 48.5 Å². The number of nitrogens with zero attached hydrogens (tertiary/aromatic N) is 1. The first-order chi connectivity index (χ1) is 14.1. The number of rotatable bonds is 8. The molecule has 0 radical (unpaired) electrons. The fourth-order valence-corrected chi connectivity index (χ4v) is 2.90. The molecular formula is C21H25F3N3O3+.